The first-order chi connectivity index (χ1) is 8.99. The van der Waals surface area contributed by atoms with Crippen molar-refractivity contribution in [2.75, 3.05) is 7.11 Å². The van der Waals surface area contributed by atoms with Gasteiger partial charge in [-0.3, -0.25) is 0 Å². The minimum atomic E-state index is -0.650. The summed E-state index contributed by atoms with van der Waals surface area (Å²) >= 11 is 0. The maximum Gasteiger partial charge on any atom is 0.120 e. The third kappa shape index (κ3) is 3.71. The maximum absolute atomic E-state index is 10.6. The van der Waals surface area contributed by atoms with Gasteiger partial charge < -0.3 is 14.6 Å². The molecule has 1 aromatic rings. The second kappa shape index (κ2) is 6.92. The van der Waals surface area contributed by atoms with Crippen LogP contribution in [-0.2, 0) is 4.74 Å². The van der Waals surface area contributed by atoms with Crippen molar-refractivity contribution in [1.82, 2.24) is 0 Å². The molecule has 1 aromatic carbocycles. The van der Waals surface area contributed by atoms with Crippen LogP contribution in [-0.4, -0.2) is 23.9 Å². The van der Waals surface area contributed by atoms with Gasteiger partial charge in [-0.05, 0) is 44.4 Å². The number of benzene rings is 1. The summed E-state index contributed by atoms with van der Waals surface area (Å²) in [5.41, 5.74) is 0.305. The highest BCUT2D eigenvalue weighted by atomic mass is 16.5. The van der Waals surface area contributed by atoms with Crippen LogP contribution in [0.15, 0.2) is 24.3 Å². The second-order valence-electron chi connectivity index (χ2n) is 5.12. The normalized spacial score (nSPS) is 13.6. The van der Waals surface area contributed by atoms with Crippen molar-refractivity contribution < 1.29 is 14.6 Å². The Morgan fingerprint density at radius 2 is 1.84 bits per heavy atom. The van der Waals surface area contributed by atoms with E-state index in [2.05, 4.69) is 0 Å². The molecule has 0 saturated carbocycles. The monoisotopic (exact) mass is 266 g/mol. The minimum Gasteiger partial charge on any atom is -0.491 e. The van der Waals surface area contributed by atoms with Gasteiger partial charge in [-0.15, -0.1) is 0 Å². The molecule has 0 saturated heterocycles. The van der Waals surface area contributed by atoms with E-state index in [0.717, 1.165) is 24.2 Å². The van der Waals surface area contributed by atoms with Crippen LogP contribution in [0.2, 0.25) is 0 Å². The summed E-state index contributed by atoms with van der Waals surface area (Å²) < 4.78 is 11.2. The molecule has 108 valence electrons. The van der Waals surface area contributed by atoms with Crippen molar-refractivity contribution in [3.05, 3.63) is 29.8 Å². The van der Waals surface area contributed by atoms with Crippen LogP contribution in [0.5, 0.6) is 5.75 Å². The third-order valence-corrected chi connectivity index (χ3v) is 3.65. The molecule has 3 nitrogen and oxygen atoms in total. The molecule has 3 heteroatoms. The van der Waals surface area contributed by atoms with Gasteiger partial charge in [-0.2, -0.15) is 0 Å². The van der Waals surface area contributed by atoms with Gasteiger partial charge in [0.2, 0.25) is 0 Å². The lowest BCUT2D eigenvalue weighted by molar-refractivity contribution is -0.109. The maximum atomic E-state index is 10.6. The molecule has 1 unspecified atom stereocenters. The third-order valence-electron chi connectivity index (χ3n) is 3.65. The van der Waals surface area contributed by atoms with Crippen molar-refractivity contribution in [2.45, 2.75) is 58.3 Å². The molecule has 0 heterocycles. The quantitative estimate of drug-likeness (QED) is 0.817. The lowest BCUT2D eigenvalue weighted by Gasteiger charge is -2.35. The van der Waals surface area contributed by atoms with Crippen LogP contribution in [0.25, 0.3) is 0 Å². The van der Waals surface area contributed by atoms with Crippen LogP contribution < -0.4 is 4.74 Å². The Morgan fingerprint density at radius 1 is 1.21 bits per heavy atom. The van der Waals surface area contributed by atoms with Gasteiger partial charge in [0.15, 0.2) is 0 Å². The molecule has 0 bridgehead atoms. The molecule has 1 atom stereocenters. The summed E-state index contributed by atoms with van der Waals surface area (Å²) in [6.45, 7) is 8.04. The first-order valence-corrected chi connectivity index (χ1v) is 6.99. The minimum absolute atomic E-state index is 0.122. The molecule has 0 amide bonds. The van der Waals surface area contributed by atoms with Gasteiger partial charge in [-0.25, -0.2) is 0 Å². The number of aliphatic hydroxyl groups excluding tert-OH is 1. The van der Waals surface area contributed by atoms with Crippen molar-refractivity contribution in [3.8, 4) is 5.75 Å². The fourth-order valence-corrected chi connectivity index (χ4v) is 2.37. The van der Waals surface area contributed by atoms with Crippen LogP contribution in [0.1, 0.15) is 52.2 Å². The molecule has 0 aliphatic heterocycles. The van der Waals surface area contributed by atoms with E-state index in [1.54, 1.807) is 7.11 Å². The van der Waals surface area contributed by atoms with Gasteiger partial charge in [0, 0.05) is 7.11 Å². The molecular weight excluding hydrogens is 240 g/mol. The highest BCUT2D eigenvalue weighted by Crippen LogP contribution is 2.35. The Balaban J connectivity index is 3.01. The summed E-state index contributed by atoms with van der Waals surface area (Å²) in [6, 6.07) is 7.62. The van der Waals surface area contributed by atoms with Gasteiger partial charge in [-0.1, -0.05) is 26.0 Å². The molecule has 1 N–H and O–H groups in total. The van der Waals surface area contributed by atoms with Gasteiger partial charge in [0.05, 0.1) is 11.7 Å². The molecule has 0 spiro atoms. The first kappa shape index (κ1) is 16.0. The Morgan fingerprint density at radius 3 is 2.32 bits per heavy atom. The van der Waals surface area contributed by atoms with Gasteiger partial charge >= 0.3 is 0 Å². The molecule has 0 aliphatic rings. The number of rotatable bonds is 7. The summed E-state index contributed by atoms with van der Waals surface area (Å²) in [7, 11) is 1.66. The number of methoxy groups -OCH3 is 1. The highest BCUT2D eigenvalue weighted by Gasteiger charge is 2.35. The fraction of sp³-hybridized carbons (Fsp3) is 0.625. The molecular formula is C16H26O3. The van der Waals surface area contributed by atoms with Crippen molar-refractivity contribution in [2.24, 2.45) is 0 Å². The van der Waals surface area contributed by atoms with E-state index in [1.807, 2.05) is 52.0 Å². The van der Waals surface area contributed by atoms with E-state index in [1.165, 1.54) is 0 Å². The lowest BCUT2D eigenvalue weighted by Crippen LogP contribution is -2.37. The summed E-state index contributed by atoms with van der Waals surface area (Å²) in [6.07, 6.45) is 0.993. The molecule has 0 radical (unpaired) electrons. The second-order valence-corrected chi connectivity index (χ2v) is 5.12. The van der Waals surface area contributed by atoms with Crippen LogP contribution in [0.3, 0.4) is 0 Å². The SMILES string of the molecule is CCC(CC)(OC)C(O)c1cccc(OC(C)C)c1. The largest absolute Gasteiger partial charge is 0.491 e. The first-order valence-electron chi connectivity index (χ1n) is 6.99. The van der Waals surface area contributed by atoms with Crippen molar-refractivity contribution >= 4 is 0 Å². The average Bonchev–Trinajstić information content (AvgIpc) is 2.40. The molecule has 1 rings (SSSR count). The van der Waals surface area contributed by atoms with Crippen molar-refractivity contribution in [1.29, 1.82) is 0 Å². The number of hydrogen-bond donors (Lipinski definition) is 1. The number of hydrogen-bond acceptors (Lipinski definition) is 3. The number of aliphatic hydroxyl groups is 1. The highest BCUT2D eigenvalue weighted by molar-refractivity contribution is 5.31. The zero-order valence-corrected chi connectivity index (χ0v) is 12.6. The van der Waals surface area contributed by atoms with Crippen LogP contribution in [0.4, 0.5) is 0 Å². The van der Waals surface area contributed by atoms with E-state index < -0.39 is 11.7 Å². The fourth-order valence-electron chi connectivity index (χ4n) is 2.37. The van der Waals surface area contributed by atoms with Gasteiger partial charge in [0.25, 0.3) is 0 Å². The van der Waals surface area contributed by atoms with E-state index in [0.29, 0.717) is 0 Å². The zero-order chi connectivity index (χ0) is 14.5. The Bertz CT molecular complexity index is 375. The smallest absolute Gasteiger partial charge is 0.120 e. The zero-order valence-electron chi connectivity index (χ0n) is 12.6. The predicted octanol–water partition coefficient (Wildman–Crippen LogP) is 3.71. The Kier molecular flexibility index (Phi) is 5.83. The van der Waals surface area contributed by atoms with E-state index in [-0.39, 0.29) is 6.10 Å². The molecule has 0 aromatic heterocycles. The number of ether oxygens (including phenoxy) is 2. The Hall–Kier alpha value is -1.06. The summed E-state index contributed by atoms with van der Waals surface area (Å²) in [5, 5.41) is 10.6. The molecule has 19 heavy (non-hydrogen) atoms. The Labute approximate surface area is 116 Å². The summed E-state index contributed by atoms with van der Waals surface area (Å²) in [4.78, 5) is 0. The standard InChI is InChI=1S/C16H26O3/c1-6-16(7-2,18-5)15(17)13-9-8-10-14(11-13)19-12(3)4/h8-12,15,17H,6-7H2,1-5H3. The van der Waals surface area contributed by atoms with Crippen LogP contribution >= 0.6 is 0 Å². The van der Waals surface area contributed by atoms with E-state index in [4.69, 9.17) is 9.47 Å². The average molecular weight is 266 g/mol. The molecule has 0 aliphatic carbocycles. The van der Waals surface area contributed by atoms with E-state index in [9.17, 15) is 5.11 Å². The molecule has 0 fully saturated rings. The summed E-state index contributed by atoms with van der Waals surface area (Å²) in [5.74, 6) is 0.781. The van der Waals surface area contributed by atoms with E-state index >= 15 is 0 Å². The van der Waals surface area contributed by atoms with Crippen molar-refractivity contribution in [3.63, 3.8) is 0 Å². The topological polar surface area (TPSA) is 38.7 Å². The lowest BCUT2D eigenvalue weighted by atomic mass is 9.86. The van der Waals surface area contributed by atoms with Crippen LogP contribution in [0, 0.1) is 0 Å². The van der Waals surface area contributed by atoms with Gasteiger partial charge in [0.1, 0.15) is 11.9 Å². The predicted molar refractivity (Wildman–Crippen MR) is 77.5 cm³/mol.